The van der Waals surface area contributed by atoms with Crippen molar-refractivity contribution in [3.05, 3.63) is 78.9 Å². The van der Waals surface area contributed by atoms with Gasteiger partial charge in [0.25, 0.3) is 0 Å². The Morgan fingerprint density at radius 3 is 1.33 bits per heavy atom. The zero-order valence-electron chi connectivity index (χ0n) is 11.6. The van der Waals surface area contributed by atoms with Crippen LogP contribution >= 0.6 is 0 Å². The number of nitrogens with two attached hydrogens (primary N) is 1. The predicted octanol–water partition coefficient (Wildman–Crippen LogP) is 4.76. The molecule has 3 heteroatoms. The van der Waals surface area contributed by atoms with Gasteiger partial charge in [0.15, 0.2) is 0 Å². The summed E-state index contributed by atoms with van der Waals surface area (Å²) in [5.74, 6) is 0. The lowest BCUT2D eigenvalue weighted by Gasteiger charge is -2.09. The van der Waals surface area contributed by atoms with Gasteiger partial charge in [-0.15, -0.1) is 0 Å². The highest BCUT2D eigenvalue weighted by Crippen LogP contribution is 2.21. The Balaban J connectivity index is 1.68. The van der Waals surface area contributed by atoms with Crippen molar-refractivity contribution in [2.45, 2.75) is 0 Å². The van der Waals surface area contributed by atoms with Crippen LogP contribution in [-0.2, 0) is 0 Å². The first-order valence-electron chi connectivity index (χ1n) is 6.84. The van der Waals surface area contributed by atoms with Gasteiger partial charge in [0, 0.05) is 28.4 Å². The Bertz CT molecular complexity index is 689. The number of anilines is 5. The van der Waals surface area contributed by atoms with E-state index in [9.17, 15) is 0 Å². The van der Waals surface area contributed by atoms with Crippen LogP contribution in [0.4, 0.5) is 28.4 Å². The highest BCUT2D eigenvalue weighted by Gasteiger charge is 1.97. The Kier molecular flexibility index (Phi) is 3.74. The van der Waals surface area contributed by atoms with E-state index in [-0.39, 0.29) is 0 Å². The second-order valence-electron chi connectivity index (χ2n) is 4.82. The summed E-state index contributed by atoms with van der Waals surface area (Å²) in [6, 6.07) is 26.0. The molecule has 0 amide bonds. The Labute approximate surface area is 124 Å². The fourth-order valence-electron chi connectivity index (χ4n) is 2.06. The largest absolute Gasteiger partial charge is 0.399 e. The second-order valence-corrected chi connectivity index (χ2v) is 4.82. The van der Waals surface area contributed by atoms with E-state index in [2.05, 4.69) is 10.6 Å². The molecule has 3 nitrogen and oxygen atoms in total. The molecule has 0 aliphatic heterocycles. The number of para-hydroxylation sites is 1. The molecule has 0 bridgehead atoms. The van der Waals surface area contributed by atoms with Crippen LogP contribution < -0.4 is 16.4 Å². The summed E-state index contributed by atoms with van der Waals surface area (Å²) in [4.78, 5) is 0. The number of rotatable bonds is 4. The third-order valence-electron chi connectivity index (χ3n) is 3.15. The third kappa shape index (κ3) is 3.54. The fourth-order valence-corrected chi connectivity index (χ4v) is 2.06. The molecule has 0 aromatic heterocycles. The summed E-state index contributed by atoms with van der Waals surface area (Å²) < 4.78 is 0. The molecular formula is C18H17N3. The molecule has 3 aromatic carbocycles. The van der Waals surface area contributed by atoms with Crippen LogP contribution in [-0.4, -0.2) is 0 Å². The van der Waals surface area contributed by atoms with Crippen molar-refractivity contribution in [1.29, 1.82) is 0 Å². The second kappa shape index (κ2) is 6.01. The summed E-state index contributed by atoms with van der Waals surface area (Å²) >= 11 is 0. The molecule has 0 saturated heterocycles. The van der Waals surface area contributed by atoms with Crippen LogP contribution in [0.2, 0.25) is 0 Å². The Hall–Kier alpha value is -2.94. The molecule has 104 valence electrons. The SMILES string of the molecule is Nc1ccc(Nc2ccc(Nc3ccccc3)cc2)cc1. The molecule has 0 spiro atoms. The van der Waals surface area contributed by atoms with E-state index in [1.807, 2.05) is 78.9 Å². The van der Waals surface area contributed by atoms with Crippen LogP contribution in [0, 0.1) is 0 Å². The van der Waals surface area contributed by atoms with Gasteiger partial charge in [-0.25, -0.2) is 0 Å². The minimum Gasteiger partial charge on any atom is -0.399 e. The van der Waals surface area contributed by atoms with E-state index in [4.69, 9.17) is 5.73 Å². The van der Waals surface area contributed by atoms with E-state index in [0.29, 0.717) is 0 Å². The van der Waals surface area contributed by atoms with Crippen molar-refractivity contribution in [2.75, 3.05) is 16.4 Å². The fraction of sp³-hybridized carbons (Fsp3) is 0. The van der Waals surface area contributed by atoms with Crippen molar-refractivity contribution in [2.24, 2.45) is 0 Å². The predicted molar refractivity (Wildman–Crippen MR) is 90.3 cm³/mol. The maximum absolute atomic E-state index is 5.68. The van der Waals surface area contributed by atoms with E-state index in [1.165, 1.54) is 0 Å². The Morgan fingerprint density at radius 1 is 0.476 bits per heavy atom. The minimum atomic E-state index is 0.767. The van der Waals surface area contributed by atoms with Gasteiger partial charge in [-0.05, 0) is 60.7 Å². The first-order valence-corrected chi connectivity index (χ1v) is 6.84. The zero-order chi connectivity index (χ0) is 14.5. The first-order chi connectivity index (χ1) is 10.3. The number of hydrogen-bond acceptors (Lipinski definition) is 3. The topological polar surface area (TPSA) is 50.1 Å². The minimum absolute atomic E-state index is 0.767. The number of hydrogen-bond donors (Lipinski definition) is 3. The molecule has 0 aliphatic rings. The summed E-state index contributed by atoms with van der Waals surface area (Å²) in [7, 11) is 0. The van der Waals surface area contributed by atoms with E-state index < -0.39 is 0 Å². The van der Waals surface area contributed by atoms with E-state index in [0.717, 1.165) is 28.4 Å². The molecule has 0 radical (unpaired) electrons. The third-order valence-corrected chi connectivity index (χ3v) is 3.15. The molecular weight excluding hydrogens is 258 g/mol. The monoisotopic (exact) mass is 275 g/mol. The van der Waals surface area contributed by atoms with Crippen molar-refractivity contribution >= 4 is 28.4 Å². The normalized spacial score (nSPS) is 10.1. The van der Waals surface area contributed by atoms with E-state index >= 15 is 0 Å². The zero-order valence-corrected chi connectivity index (χ0v) is 11.6. The van der Waals surface area contributed by atoms with Crippen LogP contribution in [0.5, 0.6) is 0 Å². The molecule has 4 N–H and O–H groups in total. The lowest BCUT2D eigenvalue weighted by molar-refractivity contribution is 1.52. The summed E-state index contributed by atoms with van der Waals surface area (Å²) in [6.07, 6.45) is 0. The van der Waals surface area contributed by atoms with Gasteiger partial charge in [0.05, 0.1) is 0 Å². The summed E-state index contributed by atoms with van der Waals surface area (Å²) in [5, 5.41) is 6.70. The highest BCUT2D eigenvalue weighted by atomic mass is 14.9. The number of nitrogens with one attached hydrogen (secondary N) is 2. The van der Waals surface area contributed by atoms with Crippen LogP contribution in [0.3, 0.4) is 0 Å². The lowest BCUT2D eigenvalue weighted by Crippen LogP contribution is -1.93. The van der Waals surface area contributed by atoms with Crippen molar-refractivity contribution in [3.8, 4) is 0 Å². The summed E-state index contributed by atoms with van der Waals surface area (Å²) in [6.45, 7) is 0. The Morgan fingerprint density at radius 2 is 0.857 bits per heavy atom. The molecule has 0 aliphatic carbocycles. The smallest absolute Gasteiger partial charge is 0.0385 e. The number of benzene rings is 3. The van der Waals surface area contributed by atoms with Crippen molar-refractivity contribution in [3.63, 3.8) is 0 Å². The van der Waals surface area contributed by atoms with Gasteiger partial charge in [-0.1, -0.05) is 18.2 Å². The molecule has 21 heavy (non-hydrogen) atoms. The molecule has 0 heterocycles. The molecule has 0 unspecified atom stereocenters. The van der Waals surface area contributed by atoms with Gasteiger partial charge >= 0.3 is 0 Å². The van der Waals surface area contributed by atoms with Gasteiger partial charge < -0.3 is 16.4 Å². The lowest BCUT2D eigenvalue weighted by atomic mass is 10.2. The average molecular weight is 275 g/mol. The number of nitrogen functional groups attached to an aromatic ring is 1. The maximum Gasteiger partial charge on any atom is 0.0385 e. The van der Waals surface area contributed by atoms with Crippen LogP contribution in [0.1, 0.15) is 0 Å². The maximum atomic E-state index is 5.68. The molecule has 3 aromatic rings. The van der Waals surface area contributed by atoms with Crippen LogP contribution in [0.25, 0.3) is 0 Å². The standard InChI is InChI=1S/C18H17N3/c19-14-6-8-16(9-7-14)21-18-12-10-17(11-13-18)20-15-4-2-1-3-5-15/h1-13,20-21H,19H2. The average Bonchev–Trinajstić information content (AvgIpc) is 2.53. The highest BCUT2D eigenvalue weighted by molar-refractivity contribution is 5.66. The van der Waals surface area contributed by atoms with Gasteiger partial charge in [0.1, 0.15) is 0 Å². The van der Waals surface area contributed by atoms with Gasteiger partial charge in [0.2, 0.25) is 0 Å². The van der Waals surface area contributed by atoms with Gasteiger partial charge in [-0.2, -0.15) is 0 Å². The molecule has 0 saturated carbocycles. The molecule has 0 atom stereocenters. The quantitative estimate of drug-likeness (QED) is 0.602. The van der Waals surface area contributed by atoms with E-state index in [1.54, 1.807) is 0 Å². The summed E-state index contributed by atoms with van der Waals surface area (Å²) in [5.41, 5.74) is 10.6. The van der Waals surface area contributed by atoms with Crippen molar-refractivity contribution in [1.82, 2.24) is 0 Å². The first kappa shape index (κ1) is 13.1. The van der Waals surface area contributed by atoms with Crippen LogP contribution in [0.15, 0.2) is 78.9 Å². The molecule has 0 fully saturated rings. The molecule has 3 rings (SSSR count). The van der Waals surface area contributed by atoms with Crippen molar-refractivity contribution < 1.29 is 0 Å². The van der Waals surface area contributed by atoms with Gasteiger partial charge in [-0.3, -0.25) is 0 Å².